The molecule has 0 amide bonds. The van der Waals surface area contributed by atoms with Crippen molar-refractivity contribution in [2.24, 2.45) is 0 Å². The minimum Gasteiger partial charge on any atom is -0.436 e. The van der Waals surface area contributed by atoms with Crippen molar-refractivity contribution >= 4 is 11.1 Å². The fourth-order valence-electron chi connectivity index (χ4n) is 3.29. The summed E-state index contributed by atoms with van der Waals surface area (Å²) in [6.45, 7) is 0. The van der Waals surface area contributed by atoms with Crippen LogP contribution in [0.15, 0.2) is 46.9 Å². The van der Waals surface area contributed by atoms with Gasteiger partial charge in [-0.3, -0.25) is 0 Å². The summed E-state index contributed by atoms with van der Waals surface area (Å²) in [5.41, 5.74) is 4.27. The smallest absolute Gasteiger partial charge is 0.227 e. The summed E-state index contributed by atoms with van der Waals surface area (Å²) in [5.74, 6) is 1.40. The lowest BCUT2D eigenvalue weighted by Crippen LogP contribution is -2.04. The first-order valence-electron chi connectivity index (χ1n) is 7.77. The molecule has 1 aliphatic carbocycles. The molecule has 0 bridgehead atoms. The molecule has 0 aliphatic heterocycles. The Balaban J connectivity index is 1.71. The highest BCUT2D eigenvalue weighted by Crippen LogP contribution is 2.34. The molecule has 1 radical (unpaired) electrons. The number of hydrogen-bond donors (Lipinski definition) is 0. The molecule has 0 N–H and O–H groups in total. The minimum absolute atomic E-state index is 0.694. The summed E-state index contributed by atoms with van der Waals surface area (Å²) in [5, 5.41) is 0. The average molecular weight is 276 g/mol. The second-order valence-corrected chi connectivity index (χ2v) is 5.87. The van der Waals surface area contributed by atoms with Crippen molar-refractivity contribution in [3.8, 4) is 11.5 Å². The Hall–Kier alpha value is -2.09. The van der Waals surface area contributed by atoms with E-state index < -0.39 is 0 Å². The number of aromatic nitrogens is 1. The van der Waals surface area contributed by atoms with Crippen molar-refractivity contribution in [2.45, 2.75) is 38.0 Å². The van der Waals surface area contributed by atoms with Crippen molar-refractivity contribution < 1.29 is 4.42 Å². The first kappa shape index (κ1) is 12.6. The van der Waals surface area contributed by atoms with E-state index in [0.29, 0.717) is 11.8 Å². The zero-order valence-corrected chi connectivity index (χ0v) is 12.0. The summed E-state index contributed by atoms with van der Waals surface area (Å²) in [6.07, 6.45) is 6.72. The maximum atomic E-state index is 5.87. The fraction of sp³-hybridized carbons (Fsp3) is 0.316. The largest absolute Gasteiger partial charge is 0.436 e. The van der Waals surface area contributed by atoms with Crippen molar-refractivity contribution in [2.75, 3.05) is 0 Å². The summed E-state index contributed by atoms with van der Waals surface area (Å²) < 4.78 is 5.87. The van der Waals surface area contributed by atoms with Gasteiger partial charge in [-0.15, -0.1) is 0 Å². The monoisotopic (exact) mass is 276 g/mol. The van der Waals surface area contributed by atoms with Crippen molar-refractivity contribution in [1.29, 1.82) is 0 Å². The van der Waals surface area contributed by atoms with Gasteiger partial charge in [0, 0.05) is 5.56 Å². The van der Waals surface area contributed by atoms with Crippen molar-refractivity contribution in [1.82, 2.24) is 4.98 Å². The predicted octanol–water partition coefficient (Wildman–Crippen LogP) is 5.34. The van der Waals surface area contributed by atoms with E-state index in [9.17, 15) is 0 Å². The Bertz CT molecular complexity index is 739. The quantitative estimate of drug-likeness (QED) is 0.631. The first-order chi connectivity index (χ1) is 10.4. The number of benzene rings is 2. The zero-order chi connectivity index (χ0) is 14.1. The van der Waals surface area contributed by atoms with Gasteiger partial charge >= 0.3 is 0 Å². The molecule has 1 saturated carbocycles. The van der Waals surface area contributed by atoms with Gasteiger partial charge in [-0.2, -0.15) is 0 Å². The normalized spacial score (nSPS) is 16.4. The Morgan fingerprint density at radius 1 is 1.00 bits per heavy atom. The van der Waals surface area contributed by atoms with Crippen LogP contribution in [0, 0.1) is 6.07 Å². The summed E-state index contributed by atoms with van der Waals surface area (Å²) in [7, 11) is 0. The van der Waals surface area contributed by atoms with Gasteiger partial charge in [-0.05, 0) is 54.7 Å². The van der Waals surface area contributed by atoms with Crippen LogP contribution in [-0.4, -0.2) is 4.98 Å². The van der Waals surface area contributed by atoms with Crippen LogP contribution in [0.4, 0.5) is 0 Å². The van der Waals surface area contributed by atoms with E-state index in [1.54, 1.807) is 0 Å². The molecule has 1 aromatic heterocycles. The Labute approximate surface area is 124 Å². The topological polar surface area (TPSA) is 26.0 Å². The molecule has 1 fully saturated rings. The third-order valence-corrected chi connectivity index (χ3v) is 4.45. The summed E-state index contributed by atoms with van der Waals surface area (Å²) in [6, 6.07) is 17.3. The predicted molar refractivity (Wildman–Crippen MR) is 84.1 cm³/mol. The second-order valence-electron chi connectivity index (χ2n) is 5.87. The van der Waals surface area contributed by atoms with Gasteiger partial charge in [0.25, 0.3) is 0 Å². The number of rotatable bonds is 2. The molecule has 0 atom stereocenters. The van der Waals surface area contributed by atoms with Gasteiger partial charge in [0.2, 0.25) is 5.89 Å². The van der Waals surface area contributed by atoms with Crippen LogP contribution in [0.2, 0.25) is 0 Å². The molecule has 3 aromatic rings. The van der Waals surface area contributed by atoms with Crippen LogP contribution in [-0.2, 0) is 0 Å². The van der Waals surface area contributed by atoms with Crippen LogP contribution in [0.25, 0.3) is 22.6 Å². The minimum atomic E-state index is 0.694. The lowest BCUT2D eigenvalue weighted by molar-refractivity contribution is 0.444. The van der Waals surface area contributed by atoms with E-state index in [1.807, 2.05) is 24.3 Å². The molecule has 2 nitrogen and oxygen atoms in total. The molecule has 0 saturated heterocycles. The van der Waals surface area contributed by atoms with E-state index in [-0.39, 0.29) is 0 Å². The molecular weight excluding hydrogens is 258 g/mol. The number of hydrogen-bond acceptors (Lipinski definition) is 2. The van der Waals surface area contributed by atoms with Crippen LogP contribution < -0.4 is 0 Å². The average Bonchev–Trinajstić information content (AvgIpc) is 2.99. The lowest BCUT2D eigenvalue weighted by atomic mass is 9.84. The van der Waals surface area contributed by atoms with Gasteiger partial charge < -0.3 is 4.42 Å². The van der Waals surface area contributed by atoms with Crippen LogP contribution >= 0.6 is 0 Å². The van der Waals surface area contributed by atoms with Gasteiger partial charge in [0.1, 0.15) is 5.52 Å². The highest BCUT2D eigenvalue weighted by atomic mass is 16.3. The highest BCUT2D eigenvalue weighted by molar-refractivity contribution is 5.77. The molecule has 4 rings (SSSR count). The van der Waals surface area contributed by atoms with E-state index in [2.05, 4.69) is 29.2 Å². The second kappa shape index (κ2) is 5.36. The van der Waals surface area contributed by atoms with Crippen LogP contribution in [0.5, 0.6) is 0 Å². The molecule has 2 heteroatoms. The van der Waals surface area contributed by atoms with E-state index in [1.165, 1.54) is 37.7 Å². The number of fused-ring (bicyclic) bond motifs is 1. The zero-order valence-electron chi connectivity index (χ0n) is 12.0. The Morgan fingerprint density at radius 2 is 1.81 bits per heavy atom. The van der Waals surface area contributed by atoms with Crippen molar-refractivity contribution in [3.63, 3.8) is 0 Å². The van der Waals surface area contributed by atoms with E-state index >= 15 is 0 Å². The molecular formula is C19H18NO. The van der Waals surface area contributed by atoms with Gasteiger partial charge in [-0.25, -0.2) is 4.98 Å². The Kier molecular flexibility index (Phi) is 3.23. The SMILES string of the molecule is [c]1ccc(-c2nc3cc(C4CCCCC4)ccc3o2)cc1. The third-order valence-electron chi connectivity index (χ3n) is 4.45. The molecule has 105 valence electrons. The number of nitrogens with zero attached hydrogens (tertiary/aromatic N) is 1. The summed E-state index contributed by atoms with van der Waals surface area (Å²) in [4.78, 5) is 4.66. The maximum Gasteiger partial charge on any atom is 0.227 e. The Morgan fingerprint density at radius 3 is 2.62 bits per heavy atom. The highest BCUT2D eigenvalue weighted by Gasteiger charge is 2.17. The first-order valence-corrected chi connectivity index (χ1v) is 7.77. The summed E-state index contributed by atoms with van der Waals surface area (Å²) >= 11 is 0. The third kappa shape index (κ3) is 2.46. The van der Waals surface area contributed by atoms with Gasteiger partial charge in [0.05, 0.1) is 0 Å². The van der Waals surface area contributed by atoms with Crippen molar-refractivity contribution in [3.05, 3.63) is 54.1 Å². The maximum absolute atomic E-state index is 5.87. The molecule has 0 unspecified atom stereocenters. The van der Waals surface area contributed by atoms with Crippen LogP contribution in [0.3, 0.4) is 0 Å². The molecule has 1 heterocycles. The fourth-order valence-corrected chi connectivity index (χ4v) is 3.29. The van der Waals surface area contributed by atoms with E-state index in [0.717, 1.165) is 16.7 Å². The molecule has 1 aliphatic rings. The van der Waals surface area contributed by atoms with Crippen LogP contribution in [0.1, 0.15) is 43.6 Å². The van der Waals surface area contributed by atoms with Gasteiger partial charge in [-0.1, -0.05) is 37.5 Å². The molecule has 0 spiro atoms. The standard InChI is InChI=1S/C19H18NO/c1-3-7-14(8-4-1)16-11-12-18-17(13-16)20-19(21-18)15-9-5-2-6-10-15/h5-6,9-14H,1,3-4,7-8H2. The van der Waals surface area contributed by atoms with Gasteiger partial charge in [0.15, 0.2) is 5.58 Å². The lowest BCUT2D eigenvalue weighted by Gasteiger charge is -2.21. The van der Waals surface area contributed by atoms with E-state index in [4.69, 9.17) is 4.42 Å². The molecule has 21 heavy (non-hydrogen) atoms. The number of oxazole rings is 1. The molecule has 2 aromatic carbocycles.